The van der Waals surface area contributed by atoms with E-state index >= 15 is 0 Å². The van der Waals surface area contributed by atoms with Gasteiger partial charge in [-0.15, -0.1) is 10.2 Å². The van der Waals surface area contributed by atoms with Gasteiger partial charge in [-0.25, -0.2) is 0 Å². The summed E-state index contributed by atoms with van der Waals surface area (Å²) >= 11 is 0. The largest absolute Gasteiger partial charge is 0.384 e. The summed E-state index contributed by atoms with van der Waals surface area (Å²) < 4.78 is 2.03. The Morgan fingerprint density at radius 2 is 2.11 bits per heavy atom. The van der Waals surface area contributed by atoms with Crippen LogP contribution in [0.1, 0.15) is 11.1 Å². The van der Waals surface area contributed by atoms with E-state index in [2.05, 4.69) is 46.7 Å². The molecule has 0 saturated heterocycles. The third-order valence-corrected chi connectivity index (χ3v) is 3.64. The lowest BCUT2D eigenvalue weighted by Crippen LogP contribution is -1.92. The topological polar surface area (TPSA) is 42.2 Å². The zero-order chi connectivity index (χ0) is 12.8. The molecule has 4 heteroatoms. The van der Waals surface area contributed by atoms with E-state index in [0.717, 1.165) is 30.0 Å². The van der Waals surface area contributed by atoms with Gasteiger partial charge in [0.2, 0.25) is 0 Å². The van der Waals surface area contributed by atoms with Gasteiger partial charge in [0.15, 0.2) is 11.5 Å². The zero-order valence-electron chi connectivity index (χ0n) is 10.7. The summed E-state index contributed by atoms with van der Waals surface area (Å²) in [5, 5.41) is 12.0. The predicted molar refractivity (Wildman–Crippen MR) is 75.4 cm³/mol. The van der Waals surface area contributed by atoms with Crippen molar-refractivity contribution in [1.82, 2.24) is 14.6 Å². The summed E-state index contributed by atoms with van der Waals surface area (Å²) in [6, 6.07) is 10.6. The molecular weight excluding hydrogens is 236 g/mol. The number of hydrogen-bond donors (Lipinski definition) is 1. The molecule has 1 aliphatic rings. The van der Waals surface area contributed by atoms with Crippen LogP contribution in [-0.2, 0) is 6.42 Å². The highest BCUT2D eigenvalue weighted by molar-refractivity contribution is 5.69. The zero-order valence-corrected chi connectivity index (χ0v) is 10.7. The molecule has 1 N–H and O–H groups in total. The summed E-state index contributed by atoms with van der Waals surface area (Å²) in [6.07, 6.45) is 3.13. The lowest BCUT2D eigenvalue weighted by Gasteiger charge is -2.04. The fraction of sp³-hybridized carbons (Fsp3) is 0.200. The SMILES string of the molecule is Cc1ccn2c(-c3ccc4c(c3)NCC4)nnc2c1. The van der Waals surface area contributed by atoms with Crippen LogP contribution in [0, 0.1) is 6.92 Å². The number of pyridine rings is 1. The minimum atomic E-state index is 0.892. The van der Waals surface area contributed by atoms with Gasteiger partial charge in [0, 0.05) is 24.0 Å². The molecule has 0 bridgehead atoms. The Bertz CT molecular complexity index is 773. The molecule has 1 aromatic carbocycles. The Labute approximate surface area is 111 Å². The molecular formula is C15H14N4. The summed E-state index contributed by atoms with van der Waals surface area (Å²) in [5.74, 6) is 0.895. The van der Waals surface area contributed by atoms with Crippen molar-refractivity contribution in [2.45, 2.75) is 13.3 Å². The number of benzene rings is 1. The third kappa shape index (κ3) is 1.60. The van der Waals surface area contributed by atoms with E-state index in [0.29, 0.717) is 0 Å². The first kappa shape index (κ1) is 10.6. The maximum Gasteiger partial charge on any atom is 0.168 e. The van der Waals surface area contributed by atoms with E-state index < -0.39 is 0 Å². The van der Waals surface area contributed by atoms with E-state index in [1.807, 2.05) is 16.7 Å². The second-order valence-electron chi connectivity index (χ2n) is 5.00. The first-order valence-corrected chi connectivity index (χ1v) is 6.50. The van der Waals surface area contributed by atoms with Gasteiger partial charge >= 0.3 is 0 Å². The van der Waals surface area contributed by atoms with Crippen molar-refractivity contribution in [2.75, 3.05) is 11.9 Å². The standard InChI is InChI=1S/C15H14N4/c1-10-5-7-19-14(8-10)17-18-15(19)12-3-2-11-4-6-16-13(11)9-12/h2-3,5,7-9,16H,4,6H2,1H3. The summed E-state index contributed by atoms with van der Waals surface area (Å²) in [7, 11) is 0. The average molecular weight is 250 g/mol. The van der Waals surface area contributed by atoms with Crippen molar-refractivity contribution < 1.29 is 0 Å². The number of hydrogen-bond acceptors (Lipinski definition) is 3. The Morgan fingerprint density at radius 1 is 1.16 bits per heavy atom. The molecule has 1 aliphatic heterocycles. The minimum absolute atomic E-state index is 0.892. The maximum atomic E-state index is 4.32. The lowest BCUT2D eigenvalue weighted by atomic mass is 10.1. The normalized spacial score (nSPS) is 13.5. The fourth-order valence-electron chi connectivity index (χ4n) is 2.62. The van der Waals surface area contributed by atoms with E-state index in [1.54, 1.807) is 0 Å². The van der Waals surface area contributed by atoms with Gasteiger partial charge in [0.05, 0.1) is 0 Å². The van der Waals surface area contributed by atoms with Crippen molar-refractivity contribution in [1.29, 1.82) is 0 Å². The van der Waals surface area contributed by atoms with Gasteiger partial charge < -0.3 is 5.32 Å². The van der Waals surface area contributed by atoms with Crippen LogP contribution >= 0.6 is 0 Å². The van der Waals surface area contributed by atoms with Crippen LogP contribution in [0.2, 0.25) is 0 Å². The quantitative estimate of drug-likeness (QED) is 0.722. The van der Waals surface area contributed by atoms with Gasteiger partial charge in [-0.1, -0.05) is 12.1 Å². The lowest BCUT2D eigenvalue weighted by molar-refractivity contribution is 1.10. The number of nitrogens with zero attached hydrogens (tertiary/aromatic N) is 3. The van der Waals surface area contributed by atoms with Crippen LogP contribution in [0.3, 0.4) is 0 Å². The van der Waals surface area contributed by atoms with Crippen LogP contribution in [-0.4, -0.2) is 21.1 Å². The van der Waals surface area contributed by atoms with Gasteiger partial charge in [0.25, 0.3) is 0 Å². The second-order valence-corrected chi connectivity index (χ2v) is 5.00. The molecule has 0 spiro atoms. The van der Waals surface area contributed by atoms with Gasteiger partial charge in [-0.2, -0.15) is 0 Å². The number of nitrogens with one attached hydrogen (secondary N) is 1. The van der Waals surface area contributed by atoms with E-state index in [9.17, 15) is 0 Å². The number of rotatable bonds is 1. The molecule has 0 saturated carbocycles. The van der Waals surface area contributed by atoms with Crippen LogP contribution in [0.25, 0.3) is 17.0 Å². The predicted octanol–water partition coefficient (Wildman–Crippen LogP) is 2.67. The van der Waals surface area contributed by atoms with Crippen molar-refractivity contribution in [3.63, 3.8) is 0 Å². The molecule has 0 unspecified atom stereocenters. The molecule has 0 aliphatic carbocycles. The van der Waals surface area contributed by atoms with Crippen LogP contribution in [0.5, 0.6) is 0 Å². The molecule has 3 heterocycles. The first-order chi connectivity index (χ1) is 9.31. The van der Waals surface area contributed by atoms with Gasteiger partial charge in [0.1, 0.15) is 0 Å². The molecule has 3 aromatic rings. The van der Waals surface area contributed by atoms with Crippen LogP contribution in [0.15, 0.2) is 36.5 Å². The molecule has 4 rings (SSSR count). The van der Waals surface area contributed by atoms with Crippen molar-refractivity contribution >= 4 is 11.3 Å². The Morgan fingerprint density at radius 3 is 3.05 bits per heavy atom. The summed E-state index contributed by atoms with van der Waals surface area (Å²) in [5.41, 5.74) is 5.80. The molecule has 4 nitrogen and oxygen atoms in total. The van der Waals surface area contributed by atoms with Gasteiger partial charge in [-0.05, 0) is 42.7 Å². The summed E-state index contributed by atoms with van der Waals surface area (Å²) in [4.78, 5) is 0. The third-order valence-electron chi connectivity index (χ3n) is 3.64. The number of aromatic nitrogens is 3. The summed E-state index contributed by atoms with van der Waals surface area (Å²) in [6.45, 7) is 3.09. The highest BCUT2D eigenvalue weighted by Gasteiger charge is 2.13. The van der Waals surface area contributed by atoms with Crippen molar-refractivity contribution in [2.24, 2.45) is 0 Å². The second kappa shape index (κ2) is 3.82. The smallest absolute Gasteiger partial charge is 0.168 e. The van der Waals surface area contributed by atoms with Crippen molar-refractivity contribution in [3.05, 3.63) is 47.7 Å². The minimum Gasteiger partial charge on any atom is -0.384 e. The monoisotopic (exact) mass is 250 g/mol. The van der Waals surface area contributed by atoms with Gasteiger partial charge in [-0.3, -0.25) is 4.40 Å². The highest BCUT2D eigenvalue weighted by Crippen LogP contribution is 2.28. The molecule has 0 atom stereocenters. The molecule has 0 fully saturated rings. The Hall–Kier alpha value is -2.36. The number of fused-ring (bicyclic) bond motifs is 2. The van der Waals surface area contributed by atoms with E-state index in [4.69, 9.17) is 0 Å². The molecule has 19 heavy (non-hydrogen) atoms. The Balaban J connectivity index is 1.90. The van der Waals surface area contributed by atoms with Crippen LogP contribution in [0.4, 0.5) is 5.69 Å². The maximum absolute atomic E-state index is 4.32. The fourth-order valence-corrected chi connectivity index (χ4v) is 2.62. The van der Waals surface area contributed by atoms with E-state index in [1.165, 1.54) is 16.8 Å². The molecule has 0 radical (unpaired) electrons. The number of anilines is 1. The number of aryl methyl sites for hydroxylation is 1. The average Bonchev–Trinajstić information content (AvgIpc) is 3.02. The molecule has 94 valence electrons. The molecule has 2 aromatic heterocycles. The highest BCUT2D eigenvalue weighted by atomic mass is 15.2. The first-order valence-electron chi connectivity index (χ1n) is 6.50. The molecule has 0 amide bonds. The van der Waals surface area contributed by atoms with Crippen molar-refractivity contribution in [3.8, 4) is 11.4 Å². The Kier molecular flexibility index (Phi) is 2.12. The van der Waals surface area contributed by atoms with Crippen LogP contribution < -0.4 is 5.32 Å². The van der Waals surface area contributed by atoms with E-state index in [-0.39, 0.29) is 0 Å².